The lowest BCUT2D eigenvalue weighted by atomic mass is 10.2. The zero-order valence-corrected chi connectivity index (χ0v) is 9.90. The molecule has 0 aliphatic heterocycles. The Morgan fingerprint density at radius 2 is 2.38 bits per heavy atom. The van der Waals surface area contributed by atoms with Crippen molar-refractivity contribution >= 4 is 5.69 Å². The van der Waals surface area contributed by atoms with Gasteiger partial charge in [0.05, 0.1) is 24.2 Å². The van der Waals surface area contributed by atoms with Crippen molar-refractivity contribution in [2.45, 2.75) is 33.4 Å². The minimum absolute atomic E-state index is 0.157. The minimum atomic E-state index is 0.157. The van der Waals surface area contributed by atoms with Gasteiger partial charge in [0, 0.05) is 12.7 Å². The molecule has 2 aromatic rings. The second-order valence-electron chi connectivity index (χ2n) is 3.92. The van der Waals surface area contributed by atoms with Gasteiger partial charge < -0.3 is 9.73 Å². The molecule has 1 N–H and O–H groups in total. The van der Waals surface area contributed by atoms with Crippen molar-refractivity contribution in [2.24, 2.45) is 0 Å². The monoisotopic (exact) mass is 219 g/mol. The Bertz CT molecular complexity index is 458. The number of furan rings is 1. The topological polar surface area (TPSA) is 43.0 Å². The summed E-state index contributed by atoms with van der Waals surface area (Å²) in [7, 11) is 0. The van der Waals surface area contributed by atoms with Crippen LogP contribution < -0.4 is 5.32 Å². The molecule has 4 nitrogen and oxygen atoms in total. The molecular formula is C12H17N3O. The van der Waals surface area contributed by atoms with E-state index in [-0.39, 0.29) is 6.04 Å². The van der Waals surface area contributed by atoms with Crippen LogP contribution in [0.25, 0.3) is 0 Å². The van der Waals surface area contributed by atoms with E-state index >= 15 is 0 Å². The largest absolute Gasteiger partial charge is 0.467 e. The molecule has 86 valence electrons. The highest BCUT2D eigenvalue weighted by Gasteiger charge is 2.12. The quantitative estimate of drug-likeness (QED) is 0.859. The number of hydrogen-bond donors (Lipinski definition) is 1. The molecular weight excluding hydrogens is 202 g/mol. The molecule has 0 amide bonds. The van der Waals surface area contributed by atoms with Crippen molar-refractivity contribution in [1.82, 2.24) is 9.78 Å². The molecule has 2 heterocycles. The molecule has 2 aromatic heterocycles. The smallest absolute Gasteiger partial charge is 0.128 e. The third-order valence-corrected chi connectivity index (χ3v) is 2.64. The average molecular weight is 219 g/mol. The maximum Gasteiger partial charge on any atom is 0.128 e. The fourth-order valence-electron chi connectivity index (χ4n) is 1.75. The highest BCUT2D eigenvalue weighted by molar-refractivity contribution is 5.41. The van der Waals surface area contributed by atoms with Gasteiger partial charge in [-0.05, 0) is 32.4 Å². The van der Waals surface area contributed by atoms with Crippen LogP contribution >= 0.6 is 0 Å². The van der Waals surface area contributed by atoms with Gasteiger partial charge in [0.1, 0.15) is 5.76 Å². The summed E-state index contributed by atoms with van der Waals surface area (Å²) in [4.78, 5) is 0. The lowest BCUT2D eigenvalue weighted by molar-refractivity contribution is 0.487. The van der Waals surface area contributed by atoms with E-state index in [1.807, 2.05) is 30.1 Å². The van der Waals surface area contributed by atoms with E-state index in [2.05, 4.69) is 24.3 Å². The van der Waals surface area contributed by atoms with E-state index in [9.17, 15) is 0 Å². The first kappa shape index (κ1) is 10.8. The van der Waals surface area contributed by atoms with Gasteiger partial charge in [-0.1, -0.05) is 0 Å². The summed E-state index contributed by atoms with van der Waals surface area (Å²) in [6, 6.07) is 2.13. The van der Waals surface area contributed by atoms with Crippen molar-refractivity contribution in [2.75, 3.05) is 5.32 Å². The summed E-state index contributed by atoms with van der Waals surface area (Å²) in [5.74, 6) is 0.976. The fraction of sp³-hybridized carbons (Fsp3) is 0.417. The van der Waals surface area contributed by atoms with Gasteiger partial charge in [-0.3, -0.25) is 4.68 Å². The van der Waals surface area contributed by atoms with E-state index in [4.69, 9.17) is 4.42 Å². The van der Waals surface area contributed by atoms with Crippen molar-refractivity contribution < 1.29 is 4.42 Å². The fourth-order valence-corrected chi connectivity index (χ4v) is 1.75. The summed E-state index contributed by atoms with van der Waals surface area (Å²) >= 11 is 0. The van der Waals surface area contributed by atoms with Gasteiger partial charge in [-0.2, -0.15) is 5.10 Å². The van der Waals surface area contributed by atoms with Crippen LogP contribution in [-0.4, -0.2) is 9.78 Å². The van der Waals surface area contributed by atoms with Gasteiger partial charge in [0.15, 0.2) is 0 Å². The minimum Gasteiger partial charge on any atom is -0.467 e. The maximum atomic E-state index is 5.44. The molecule has 0 saturated carbocycles. The zero-order chi connectivity index (χ0) is 11.5. The third kappa shape index (κ3) is 2.10. The van der Waals surface area contributed by atoms with Crippen molar-refractivity contribution in [3.8, 4) is 0 Å². The molecule has 4 heteroatoms. The molecule has 0 aromatic carbocycles. The summed E-state index contributed by atoms with van der Waals surface area (Å²) < 4.78 is 7.33. The molecule has 0 aliphatic carbocycles. The van der Waals surface area contributed by atoms with Crippen LogP contribution in [0.1, 0.15) is 31.2 Å². The second kappa shape index (κ2) is 4.43. The first-order valence-electron chi connectivity index (χ1n) is 5.53. The maximum absolute atomic E-state index is 5.44. The number of hydrogen-bond acceptors (Lipinski definition) is 3. The summed E-state index contributed by atoms with van der Waals surface area (Å²) in [6.45, 7) is 7.08. The van der Waals surface area contributed by atoms with Gasteiger partial charge in [-0.15, -0.1) is 0 Å². The normalized spacial score (nSPS) is 12.7. The number of rotatable bonds is 4. The Morgan fingerprint density at radius 1 is 1.56 bits per heavy atom. The number of nitrogens with one attached hydrogen (secondary N) is 1. The van der Waals surface area contributed by atoms with Gasteiger partial charge >= 0.3 is 0 Å². The highest BCUT2D eigenvalue weighted by Crippen LogP contribution is 2.22. The lowest BCUT2D eigenvalue weighted by Crippen LogP contribution is -2.06. The summed E-state index contributed by atoms with van der Waals surface area (Å²) in [5, 5.41) is 7.58. The molecule has 1 unspecified atom stereocenters. The molecule has 1 atom stereocenters. The zero-order valence-electron chi connectivity index (χ0n) is 9.90. The van der Waals surface area contributed by atoms with Gasteiger partial charge in [0.2, 0.25) is 0 Å². The molecule has 0 aliphatic rings. The standard InChI is InChI=1S/C12H17N3O/c1-4-15-8-11(7-13-15)14-10(3)12-9(2)5-6-16-12/h5-8,10,14H,4H2,1-3H3. The Hall–Kier alpha value is -1.71. The van der Waals surface area contributed by atoms with Crippen LogP contribution in [0.3, 0.4) is 0 Å². The van der Waals surface area contributed by atoms with E-state index in [0.717, 1.165) is 18.0 Å². The van der Waals surface area contributed by atoms with Gasteiger partial charge in [-0.25, -0.2) is 0 Å². The van der Waals surface area contributed by atoms with Crippen molar-refractivity contribution in [3.63, 3.8) is 0 Å². The van der Waals surface area contributed by atoms with E-state index in [1.54, 1.807) is 6.26 Å². The SMILES string of the molecule is CCn1cc(NC(C)c2occc2C)cn1. The van der Waals surface area contributed by atoms with Crippen LogP contribution in [0.2, 0.25) is 0 Å². The molecule has 2 rings (SSSR count). The molecule has 0 fully saturated rings. The highest BCUT2D eigenvalue weighted by atomic mass is 16.3. The Kier molecular flexibility index (Phi) is 2.99. The Balaban J connectivity index is 2.07. The van der Waals surface area contributed by atoms with Crippen LogP contribution in [0, 0.1) is 6.92 Å². The second-order valence-corrected chi connectivity index (χ2v) is 3.92. The first-order valence-corrected chi connectivity index (χ1v) is 5.53. The van der Waals surface area contributed by atoms with Gasteiger partial charge in [0.25, 0.3) is 0 Å². The Labute approximate surface area is 95.3 Å². The number of aryl methyl sites for hydroxylation is 2. The summed E-state index contributed by atoms with van der Waals surface area (Å²) in [5.41, 5.74) is 2.19. The van der Waals surface area contributed by atoms with E-state index in [1.165, 1.54) is 5.56 Å². The van der Waals surface area contributed by atoms with Crippen molar-refractivity contribution in [1.29, 1.82) is 0 Å². The molecule has 16 heavy (non-hydrogen) atoms. The van der Waals surface area contributed by atoms with Crippen molar-refractivity contribution in [3.05, 3.63) is 36.0 Å². The predicted octanol–water partition coefficient (Wildman–Crippen LogP) is 2.98. The number of anilines is 1. The average Bonchev–Trinajstić information content (AvgIpc) is 2.86. The Morgan fingerprint density at radius 3 is 2.94 bits per heavy atom. The van der Waals surface area contributed by atoms with Crippen LogP contribution in [0.5, 0.6) is 0 Å². The molecule has 0 spiro atoms. The van der Waals surface area contributed by atoms with E-state index < -0.39 is 0 Å². The predicted molar refractivity (Wildman–Crippen MR) is 63.4 cm³/mol. The van der Waals surface area contributed by atoms with Crippen LogP contribution in [0.15, 0.2) is 29.1 Å². The number of nitrogens with zero attached hydrogens (tertiary/aromatic N) is 2. The lowest BCUT2D eigenvalue weighted by Gasteiger charge is -2.11. The van der Waals surface area contributed by atoms with E-state index in [0.29, 0.717) is 0 Å². The van der Waals surface area contributed by atoms with Crippen LogP contribution in [0.4, 0.5) is 5.69 Å². The van der Waals surface area contributed by atoms with Crippen LogP contribution in [-0.2, 0) is 6.54 Å². The molecule has 0 saturated heterocycles. The molecule has 0 bridgehead atoms. The number of aromatic nitrogens is 2. The summed E-state index contributed by atoms with van der Waals surface area (Å²) in [6.07, 6.45) is 5.55. The third-order valence-electron chi connectivity index (χ3n) is 2.64. The molecule has 0 radical (unpaired) electrons. The first-order chi connectivity index (χ1) is 7.70.